The van der Waals surface area contributed by atoms with Crippen LogP contribution in [0.2, 0.25) is 0 Å². The van der Waals surface area contributed by atoms with Gasteiger partial charge in [-0.1, -0.05) is 18.2 Å². The molecule has 0 spiro atoms. The second kappa shape index (κ2) is 4.36. The van der Waals surface area contributed by atoms with Gasteiger partial charge in [-0.3, -0.25) is 4.79 Å². The SMILES string of the molecule is Cn1c(N=C2CCC(=O)C2)c(C#N)c2ccccc21. The van der Waals surface area contributed by atoms with Crippen molar-refractivity contribution in [3.8, 4) is 6.07 Å². The summed E-state index contributed by atoms with van der Waals surface area (Å²) in [5.74, 6) is 0.893. The molecule has 0 bridgehead atoms. The highest BCUT2D eigenvalue weighted by Crippen LogP contribution is 2.31. The summed E-state index contributed by atoms with van der Waals surface area (Å²) >= 11 is 0. The van der Waals surface area contributed by atoms with Crippen molar-refractivity contribution >= 4 is 28.2 Å². The maximum absolute atomic E-state index is 11.3. The fourth-order valence-electron chi connectivity index (χ4n) is 2.55. The lowest BCUT2D eigenvalue weighted by molar-refractivity contribution is -0.116. The zero-order valence-electron chi connectivity index (χ0n) is 10.7. The summed E-state index contributed by atoms with van der Waals surface area (Å²) in [6.45, 7) is 0. The number of rotatable bonds is 1. The quantitative estimate of drug-likeness (QED) is 0.782. The first-order chi connectivity index (χ1) is 9.20. The number of nitriles is 1. The molecule has 1 fully saturated rings. The molecule has 0 saturated heterocycles. The van der Waals surface area contributed by atoms with Crippen LogP contribution in [-0.4, -0.2) is 16.1 Å². The molecule has 4 heteroatoms. The van der Waals surface area contributed by atoms with Gasteiger partial charge in [0.15, 0.2) is 5.82 Å². The number of fused-ring (bicyclic) bond motifs is 1. The Labute approximate surface area is 111 Å². The van der Waals surface area contributed by atoms with Crippen LogP contribution >= 0.6 is 0 Å². The number of aryl methyl sites for hydroxylation is 1. The van der Waals surface area contributed by atoms with Gasteiger partial charge in [0.25, 0.3) is 0 Å². The van der Waals surface area contributed by atoms with Gasteiger partial charge in [-0.15, -0.1) is 0 Å². The fraction of sp³-hybridized carbons (Fsp3) is 0.267. The van der Waals surface area contributed by atoms with Crippen molar-refractivity contribution in [2.24, 2.45) is 12.0 Å². The van der Waals surface area contributed by atoms with Crippen LogP contribution in [0.5, 0.6) is 0 Å². The number of hydrogen-bond donors (Lipinski definition) is 0. The van der Waals surface area contributed by atoms with Crippen LogP contribution in [0.25, 0.3) is 10.9 Å². The van der Waals surface area contributed by atoms with E-state index in [1.54, 1.807) is 0 Å². The number of benzene rings is 1. The first-order valence-corrected chi connectivity index (χ1v) is 6.26. The summed E-state index contributed by atoms with van der Waals surface area (Å²) in [4.78, 5) is 15.9. The van der Waals surface area contributed by atoms with Crippen molar-refractivity contribution < 1.29 is 4.79 Å². The molecule has 0 amide bonds. The summed E-state index contributed by atoms with van der Waals surface area (Å²) in [6, 6.07) is 9.99. The average Bonchev–Trinajstić information content (AvgIpc) is 2.94. The first-order valence-electron chi connectivity index (χ1n) is 6.26. The van der Waals surface area contributed by atoms with E-state index in [-0.39, 0.29) is 5.78 Å². The smallest absolute Gasteiger partial charge is 0.151 e. The minimum absolute atomic E-state index is 0.232. The lowest BCUT2D eigenvalue weighted by atomic mass is 10.2. The predicted molar refractivity (Wildman–Crippen MR) is 73.6 cm³/mol. The Morgan fingerprint density at radius 1 is 1.32 bits per heavy atom. The van der Waals surface area contributed by atoms with Gasteiger partial charge >= 0.3 is 0 Å². The average molecular weight is 251 g/mol. The van der Waals surface area contributed by atoms with Gasteiger partial charge in [-0.25, -0.2) is 4.99 Å². The molecule has 1 saturated carbocycles. The Morgan fingerprint density at radius 3 is 2.79 bits per heavy atom. The Bertz CT molecular complexity index is 747. The van der Waals surface area contributed by atoms with Gasteiger partial charge in [0.2, 0.25) is 0 Å². The van der Waals surface area contributed by atoms with Crippen LogP contribution in [0.3, 0.4) is 0 Å². The van der Waals surface area contributed by atoms with Gasteiger partial charge in [0.05, 0.1) is 5.52 Å². The minimum atomic E-state index is 0.232. The van der Waals surface area contributed by atoms with E-state index >= 15 is 0 Å². The molecule has 2 aromatic rings. The van der Waals surface area contributed by atoms with Crippen LogP contribution in [0.15, 0.2) is 29.3 Å². The molecular weight excluding hydrogens is 238 g/mol. The highest BCUT2D eigenvalue weighted by Gasteiger charge is 2.20. The normalized spacial score (nSPS) is 17.3. The summed E-state index contributed by atoms with van der Waals surface area (Å²) in [5, 5.41) is 10.3. The molecule has 1 aromatic carbocycles. The van der Waals surface area contributed by atoms with Gasteiger partial charge in [0.1, 0.15) is 17.4 Å². The Hall–Kier alpha value is -2.41. The summed E-state index contributed by atoms with van der Waals surface area (Å²) in [5.41, 5.74) is 2.46. The number of hydrogen-bond acceptors (Lipinski definition) is 3. The number of ketones is 1. The van der Waals surface area contributed by atoms with E-state index in [4.69, 9.17) is 0 Å². The third-order valence-electron chi connectivity index (χ3n) is 3.55. The highest BCUT2D eigenvalue weighted by molar-refractivity contribution is 6.09. The Kier molecular flexibility index (Phi) is 2.68. The fourth-order valence-corrected chi connectivity index (χ4v) is 2.55. The van der Waals surface area contributed by atoms with Crippen LogP contribution in [0.1, 0.15) is 24.8 Å². The number of carbonyl (C=O) groups is 1. The molecule has 0 atom stereocenters. The van der Waals surface area contributed by atoms with Crippen molar-refractivity contribution in [3.05, 3.63) is 29.8 Å². The minimum Gasteiger partial charge on any atom is -0.328 e. The number of Topliss-reactive ketones (excluding diaryl/α,β-unsaturated/α-hetero) is 1. The van der Waals surface area contributed by atoms with Crippen LogP contribution in [0, 0.1) is 11.3 Å². The van der Waals surface area contributed by atoms with E-state index in [1.807, 2.05) is 35.9 Å². The molecule has 4 nitrogen and oxygen atoms in total. The number of aromatic nitrogens is 1. The molecule has 1 aromatic heterocycles. The Morgan fingerprint density at radius 2 is 2.11 bits per heavy atom. The highest BCUT2D eigenvalue weighted by atomic mass is 16.1. The van der Waals surface area contributed by atoms with Crippen molar-refractivity contribution in [1.29, 1.82) is 5.26 Å². The van der Waals surface area contributed by atoms with Crippen LogP contribution in [0.4, 0.5) is 5.82 Å². The topological polar surface area (TPSA) is 58.1 Å². The molecule has 1 aliphatic rings. The zero-order valence-corrected chi connectivity index (χ0v) is 10.7. The monoisotopic (exact) mass is 251 g/mol. The van der Waals surface area contributed by atoms with Gasteiger partial charge in [-0.05, 0) is 12.5 Å². The molecule has 0 N–H and O–H groups in total. The second-order valence-electron chi connectivity index (χ2n) is 4.78. The number of aliphatic imine (C=N–C) groups is 1. The molecular formula is C15H13N3O. The molecule has 3 rings (SSSR count). The number of nitrogens with zero attached hydrogens (tertiary/aromatic N) is 3. The predicted octanol–water partition coefficient (Wildman–Crippen LogP) is 2.88. The zero-order chi connectivity index (χ0) is 13.4. The second-order valence-corrected chi connectivity index (χ2v) is 4.78. The number of carbonyl (C=O) groups excluding carboxylic acids is 1. The molecule has 1 aliphatic carbocycles. The van der Waals surface area contributed by atoms with Gasteiger partial charge < -0.3 is 4.57 Å². The third kappa shape index (κ3) is 1.84. The number of para-hydroxylation sites is 1. The molecule has 0 radical (unpaired) electrons. The van der Waals surface area contributed by atoms with Crippen molar-refractivity contribution in [3.63, 3.8) is 0 Å². The third-order valence-corrected chi connectivity index (χ3v) is 3.55. The first kappa shape index (κ1) is 11.7. The van der Waals surface area contributed by atoms with Crippen molar-refractivity contribution in [2.75, 3.05) is 0 Å². The van der Waals surface area contributed by atoms with E-state index in [9.17, 15) is 10.1 Å². The van der Waals surface area contributed by atoms with E-state index in [0.717, 1.165) is 16.6 Å². The molecule has 0 unspecified atom stereocenters. The van der Waals surface area contributed by atoms with Crippen LogP contribution < -0.4 is 0 Å². The molecule has 94 valence electrons. The lowest BCUT2D eigenvalue weighted by Crippen LogP contribution is -1.94. The van der Waals surface area contributed by atoms with Gasteiger partial charge in [-0.2, -0.15) is 5.26 Å². The maximum atomic E-state index is 11.3. The van der Waals surface area contributed by atoms with Crippen LogP contribution in [-0.2, 0) is 11.8 Å². The maximum Gasteiger partial charge on any atom is 0.151 e. The van der Waals surface area contributed by atoms with E-state index in [2.05, 4.69) is 11.1 Å². The Balaban J connectivity index is 2.21. The van der Waals surface area contributed by atoms with E-state index < -0.39 is 0 Å². The van der Waals surface area contributed by atoms with E-state index in [1.165, 1.54) is 0 Å². The van der Waals surface area contributed by atoms with E-state index in [0.29, 0.717) is 30.6 Å². The van der Waals surface area contributed by atoms with Gasteiger partial charge in [0, 0.05) is 31.0 Å². The summed E-state index contributed by atoms with van der Waals surface area (Å²) in [7, 11) is 1.90. The summed E-state index contributed by atoms with van der Waals surface area (Å²) < 4.78 is 1.92. The largest absolute Gasteiger partial charge is 0.328 e. The summed E-state index contributed by atoms with van der Waals surface area (Å²) in [6.07, 6.45) is 1.71. The molecule has 0 aliphatic heterocycles. The van der Waals surface area contributed by atoms with Crippen molar-refractivity contribution in [2.45, 2.75) is 19.3 Å². The van der Waals surface area contributed by atoms with Crippen molar-refractivity contribution in [1.82, 2.24) is 4.57 Å². The molecule has 1 heterocycles. The molecule has 19 heavy (non-hydrogen) atoms. The standard InChI is InChI=1S/C15H13N3O/c1-18-14-5-3-2-4-12(14)13(9-16)15(18)17-10-6-7-11(19)8-10/h2-5H,6-8H2,1H3. The lowest BCUT2D eigenvalue weighted by Gasteiger charge is -2.00.